The average Bonchev–Trinajstić information content (AvgIpc) is 2.99. The molecular weight excluding hydrogens is 275 g/mol. The molecule has 1 N–H and O–H groups in total. The van der Waals surface area contributed by atoms with Gasteiger partial charge in [-0.3, -0.25) is 0 Å². The summed E-state index contributed by atoms with van der Waals surface area (Å²) in [5.41, 5.74) is 1.34. The summed E-state index contributed by atoms with van der Waals surface area (Å²) in [5, 5.41) is 18.8. The van der Waals surface area contributed by atoms with Crippen LogP contribution in [0, 0.1) is 0 Å². The molecule has 0 saturated heterocycles. The number of benzene rings is 1. The van der Waals surface area contributed by atoms with Crippen molar-refractivity contribution in [3.8, 4) is 17.1 Å². The highest BCUT2D eigenvalue weighted by Gasteiger charge is 2.11. The van der Waals surface area contributed by atoms with Crippen LogP contribution in [0.25, 0.3) is 17.1 Å². The minimum Gasteiger partial charge on any atom is -0.237 e. The molecule has 0 fully saturated rings. The maximum atomic E-state index is 6.10. The molecule has 0 unspecified atom stereocenters. The first-order valence-corrected chi connectivity index (χ1v) is 5.74. The SMILES string of the molecule is Clc1cccc(Cl)c1-n1cc(-c2nn[nH]n2)cn1. The Balaban J connectivity index is 2.09. The van der Waals surface area contributed by atoms with E-state index in [2.05, 4.69) is 25.7 Å². The van der Waals surface area contributed by atoms with Crippen LogP contribution in [0.15, 0.2) is 30.6 Å². The van der Waals surface area contributed by atoms with Gasteiger partial charge in [-0.05, 0) is 17.3 Å². The van der Waals surface area contributed by atoms with Gasteiger partial charge < -0.3 is 0 Å². The molecule has 2 aromatic heterocycles. The minimum atomic E-state index is 0.462. The highest BCUT2D eigenvalue weighted by Crippen LogP contribution is 2.28. The summed E-state index contributed by atoms with van der Waals surface area (Å²) in [6, 6.07) is 5.27. The van der Waals surface area contributed by atoms with Crippen molar-refractivity contribution in [2.45, 2.75) is 0 Å². The van der Waals surface area contributed by atoms with Crippen LogP contribution in [0.3, 0.4) is 0 Å². The van der Waals surface area contributed by atoms with Gasteiger partial charge in [-0.1, -0.05) is 29.3 Å². The second-order valence-corrected chi connectivity index (χ2v) is 4.29. The van der Waals surface area contributed by atoms with E-state index in [9.17, 15) is 0 Å². The van der Waals surface area contributed by atoms with Gasteiger partial charge in [0.25, 0.3) is 0 Å². The van der Waals surface area contributed by atoms with Crippen LogP contribution in [-0.2, 0) is 0 Å². The number of para-hydroxylation sites is 1. The number of hydrogen-bond donors (Lipinski definition) is 1. The van der Waals surface area contributed by atoms with Gasteiger partial charge in [0, 0.05) is 6.20 Å². The predicted octanol–water partition coefficient (Wildman–Crippen LogP) is 2.36. The van der Waals surface area contributed by atoms with Crippen LogP contribution < -0.4 is 0 Å². The molecule has 0 radical (unpaired) electrons. The van der Waals surface area contributed by atoms with Crippen molar-refractivity contribution in [1.82, 2.24) is 30.4 Å². The van der Waals surface area contributed by atoms with Crippen LogP contribution in [0.5, 0.6) is 0 Å². The minimum absolute atomic E-state index is 0.462. The molecule has 90 valence electrons. The maximum Gasteiger partial charge on any atom is 0.207 e. The summed E-state index contributed by atoms with van der Waals surface area (Å²) < 4.78 is 1.58. The highest BCUT2D eigenvalue weighted by atomic mass is 35.5. The van der Waals surface area contributed by atoms with Crippen LogP contribution in [-0.4, -0.2) is 30.4 Å². The van der Waals surface area contributed by atoms with Crippen molar-refractivity contribution < 1.29 is 0 Å². The number of H-pyrrole nitrogens is 1. The van der Waals surface area contributed by atoms with Crippen molar-refractivity contribution in [3.63, 3.8) is 0 Å². The normalized spacial score (nSPS) is 10.8. The van der Waals surface area contributed by atoms with Crippen LogP contribution in [0.4, 0.5) is 0 Å². The zero-order valence-electron chi connectivity index (χ0n) is 8.88. The summed E-state index contributed by atoms with van der Waals surface area (Å²) in [6.45, 7) is 0. The lowest BCUT2D eigenvalue weighted by Crippen LogP contribution is -1.96. The molecule has 0 aliphatic heterocycles. The van der Waals surface area contributed by atoms with Crippen LogP contribution in [0.2, 0.25) is 10.0 Å². The van der Waals surface area contributed by atoms with Gasteiger partial charge >= 0.3 is 0 Å². The number of hydrogen-bond acceptors (Lipinski definition) is 4. The lowest BCUT2D eigenvalue weighted by Gasteiger charge is -2.05. The van der Waals surface area contributed by atoms with Crippen LogP contribution >= 0.6 is 23.2 Å². The summed E-state index contributed by atoms with van der Waals surface area (Å²) in [7, 11) is 0. The van der Waals surface area contributed by atoms with Gasteiger partial charge in [0.1, 0.15) is 5.69 Å². The molecule has 1 aromatic carbocycles. The van der Waals surface area contributed by atoms with Crippen molar-refractivity contribution >= 4 is 23.2 Å². The summed E-state index contributed by atoms with van der Waals surface area (Å²) >= 11 is 12.2. The number of aromatic amines is 1. The van der Waals surface area contributed by atoms with E-state index in [0.717, 1.165) is 5.56 Å². The van der Waals surface area contributed by atoms with E-state index in [4.69, 9.17) is 23.2 Å². The number of aromatic nitrogens is 6. The lowest BCUT2D eigenvalue weighted by atomic mass is 10.3. The standard InChI is InChI=1S/C10H6Cl2N6/c11-7-2-1-3-8(12)9(7)18-5-6(4-13-18)10-14-16-17-15-10/h1-5H,(H,14,15,16,17). The molecule has 3 aromatic rings. The first kappa shape index (κ1) is 11.2. The smallest absolute Gasteiger partial charge is 0.207 e. The Morgan fingerprint density at radius 3 is 2.61 bits per heavy atom. The van der Waals surface area contributed by atoms with Crippen LogP contribution in [0.1, 0.15) is 0 Å². The summed E-state index contributed by atoms with van der Waals surface area (Å²) in [6.07, 6.45) is 3.35. The number of halogens is 2. The average molecular weight is 281 g/mol. The fourth-order valence-electron chi connectivity index (χ4n) is 1.55. The molecule has 18 heavy (non-hydrogen) atoms. The van der Waals surface area contributed by atoms with E-state index in [-0.39, 0.29) is 0 Å². The third-order valence-corrected chi connectivity index (χ3v) is 2.96. The van der Waals surface area contributed by atoms with Gasteiger partial charge in [0.2, 0.25) is 5.82 Å². The Hall–Kier alpha value is -1.92. The van der Waals surface area contributed by atoms with E-state index < -0.39 is 0 Å². The largest absolute Gasteiger partial charge is 0.237 e. The van der Waals surface area contributed by atoms with E-state index >= 15 is 0 Å². The first-order chi connectivity index (χ1) is 8.75. The molecule has 3 rings (SSSR count). The summed E-state index contributed by atoms with van der Waals surface area (Å²) in [5.74, 6) is 0.462. The van der Waals surface area contributed by atoms with Gasteiger partial charge in [-0.25, -0.2) is 4.68 Å². The number of nitrogens with one attached hydrogen (secondary N) is 1. The lowest BCUT2D eigenvalue weighted by molar-refractivity contribution is 0.881. The highest BCUT2D eigenvalue weighted by molar-refractivity contribution is 6.37. The van der Waals surface area contributed by atoms with E-state index in [0.29, 0.717) is 21.6 Å². The number of rotatable bonds is 2. The Morgan fingerprint density at radius 2 is 1.94 bits per heavy atom. The van der Waals surface area contributed by atoms with Crippen molar-refractivity contribution in [1.29, 1.82) is 0 Å². The molecule has 0 aliphatic rings. The van der Waals surface area contributed by atoms with Crippen molar-refractivity contribution in [3.05, 3.63) is 40.6 Å². The molecule has 0 amide bonds. The summed E-state index contributed by atoms with van der Waals surface area (Å²) in [4.78, 5) is 0. The molecule has 8 heteroatoms. The Kier molecular flexibility index (Phi) is 2.73. The Morgan fingerprint density at radius 1 is 1.17 bits per heavy atom. The third-order valence-electron chi connectivity index (χ3n) is 2.35. The van der Waals surface area contributed by atoms with E-state index in [1.807, 2.05) is 0 Å². The van der Waals surface area contributed by atoms with Crippen molar-refractivity contribution in [2.75, 3.05) is 0 Å². The van der Waals surface area contributed by atoms with Gasteiger partial charge in [-0.2, -0.15) is 10.3 Å². The fourth-order valence-corrected chi connectivity index (χ4v) is 2.12. The quantitative estimate of drug-likeness (QED) is 0.782. The van der Waals surface area contributed by atoms with Gasteiger partial charge in [0.15, 0.2) is 0 Å². The molecule has 0 spiro atoms. The fraction of sp³-hybridized carbons (Fsp3) is 0. The number of tetrazole rings is 1. The first-order valence-electron chi connectivity index (χ1n) is 4.98. The van der Waals surface area contributed by atoms with Crippen molar-refractivity contribution in [2.24, 2.45) is 0 Å². The third kappa shape index (κ3) is 1.85. The maximum absolute atomic E-state index is 6.10. The monoisotopic (exact) mass is 280 g/mol. The van der Waals surface area contributed by atoms with Gasteiger partial charge in [-0.15, -0.1) is 10.2 Å². The zero-order chi connectivity index (χ0) is 12.5. The number of nitrogens with zero attached hydrogens (tertiary/aromatic N) is 5. The predicted molar refractivity (Wildman–Crippen MR) is 66.8 cm³/mol. The molecule has 0 saturated carbocycles. The van der Waals surface area contributed by atoms with Gasteiger partial charge in [0.05, 0.1) is 21.8 Å². The Bertz CT molecular complexity index is 655. The van der Waals surface area contributed by atoms with E-state index in [1.54, 1.807) is 35.3 Å². The second-order valence-electron chi connectivity index (χ2n) is 3.48. The Labute approximate surface area is 112 Å². The molecule has 0 atom stereocenters. The molecule has 0 aliphatic carbocycles. The van der Waals surface area contributed by atoms with E-state index in [1.165, 1.54) is 0 Å². The molecular formula is C10H6Cl2N6. The molecule has 0 bridgehead atoms. The topological polar surface area (TPSA) is 72.3 Å². The zero-order valence-corrected chi connectivity index (χ0v) is 10.4. The molecule has 6 nitrogen and oxygen atoms in total. The second kappa shape index (κ2) is 4.40. The molecule has 2 heterocycles.